The molecule has 0 saturated heterocycles. The summed E-state index contributed by atoms with van der Waals surface area (Å²) < 4.78 is 20.0. The number of fused-ring (bicyclic) bond motifs is 1. The number of hydrogen-bond acceptors (Lipinski definition) is 6. The van der Waals surface area contributed by atoms with Crippen molar-refractivity contribution >= 4 is 62.4 Å². The van der Waals surface area contributed by atoms with Crippen LogP contribution in [0.2, 0.25) is 10.0 Å². The summed E-state index contributed by atoms with van der Waals surface area (Å²) in [4.78, 5) is 29.7. The van der Waals surface area contributed by atoms with Gasteiger partial charge in [-0.3, -0.25) is 4.79 Å². The largest absolute Gasteiger partial charge is 0.451 e. The molecule has 0 bridgehead atoms. The van der Waals surface area contributed by atoms with E-state index in [0.29, 0.717) is 31.7 Å². The molecule has 32 heavy (non-hydrogen) atoms. The first kappa shape index (κ1) is 22.2. The van der Waals surface area contributed by atoms with Gasteiger partial charge in [-0.05, 0) is 49.7 Å². The molecule has 0 aliphatic carbocycles. The number of carbonyl (C=O) groups excluding carboxylic acids is 2. The molecule has 0 aliphatic rings. The number of esters is 1. The van der Waals surface area contributed by atoms with Crippen LogP contribution in [0.25, 0.3) is 15.9 Å². The van der Waals surface area contributed by atoms with Gasteiger partial charge >= 0.3 is 5.97 Å². The Balaban J connectivity index is 1.47. The Kier molecular flexibility index (Phi) is 6.14. The number of aromatic nitrogens is 3. The summed E-state index contributed by atoms with van der Waals surface area (Å²) in [5.41, 5.74) is 1.94. The molecule has 0 saturated carbocycles. The zero-order valence-corrected chi connectivity index (χ0v) is 19.1. The maximum absolute atomic E-state index is 13.2. The lowest BCUT2D eigenvalue weighted by Crippen LogP contribution is -2.21. The average Bonchev–Trinajstić information content (AvgIpc) is 3.34. The van der Waals surface area contributed by atoms with E-state index >= 15 is 0 Å². The van der Waals surface area contributed by atoms with E-state index in [2.05, 4.69) is 15.4 Å². The van der Waals surface area contributed by atoms with Gasteiger partial charge in [-0.2, -0.15) is 5.10 Å². The first-order valence-corrected chi connectivity index (χ1v) is 10.8. The SMILES string of the molecule is Cc1c(Cl)cnc(NC(=O)COC(=O)c2cc3c(C)nn(-c4ccc(F)cc4)c3s2)c1Cl. The molecule has 3 heterocycles. The van der Waals surface area contributed by atoms with E-state index in [1.807, 2.05) is 6.92 Å². The van der Waals surface area contributed by atoms with E-state index in [9.17, 15) is 14.0 Å². The van der Waals surface area contributed by atoms with Crippen LogP contribution in [-0.2, 0) is 9.53 Å². The van der Waals surface area contributed by atoms with Crippen molar-refractivity contribution in [2.24, 2.45) is 0 Å². The summed E-state index contributed by atoms with van der Waals surface area (Å²) in [5.74, 6) is -1.47. The lowest BCUT2D eigenvalue weighted by Gasteiger charge is -2.09. The Labute approximate surface area is 195 Å². The third-order valence-electron chi connectivity index (χ3n) is 4.61. The molecule has 0 radical (unpaired) electrons. The van der Waals surface area contributed by atoms with Crippen molar-refractivity contribution in [2.45, 2.75) is 13.8 Å². The fraction of sp³-hybridized carbons (Fsp3) is 0.143. The van der Waals surface area contributed by atoms with Gasteiger partial charge in [-0.25, -0.2) is 18.9 Å². The van der Waals surface area contributed by atoms with E-state index in [1.165, 1.54) is 29.7 Å². The Morgan fingerprint density at radius 1 is 1.22 bits per heavy atom. The molecule has 164 valence electrons. The molecule has 7 nitrogen and oxygen atoms in total. The van der Waals surface area contributed by atoms with Gasteiger partial charge in [-0.15, -0.1) is 11.3 Å². The van der Waals surface area contributed by atoms with Crippen LogP contribution in [0.5, 0.6) is 0 Å². The molecular weight excluding hydrogens is 478 g/mol. The normalized spacial score (nSPS) is 11.0. The van der Waals surface area contributed by atoms with Gasteiger partial charge in [0.25, 0.3) is 5.91 Å². The molecule has 0 atom stereocenters. The van der Waals surface area contributed by atoms with E-state index in [0.717, 1.165) is 5.39 Å². The van der Waals surface area contributed by atoms with Crippen molar-refractivity contribution in [1.82, 2.24) is 14.8 Å². The summed E-state index contributed by atoms with van der Waals surface area (Å²) >= 11 is 13.2. The molecule has 0 spiro atoms. The maximum Gasteiger partial charge on any atom is 0.348 e. The standard InChI is InChI=1S/C21H15Cl2FN4O3S/c1-10-15(22)8-25-19(18(10)23)26-17(29)9-31-21(30)16-7-14-11(2)27-28(20(14)32-16)13-5-3-12(24)4-6-13/h3-8H,9H2,1-2H3,(H,25,26,29). The van der Waals surface area contributed by atoms with Gasteiger partial charge in [0.2, 0.25) is 0 Å². The molecule has 4 rings (SSSR count). The first-order valence-electron chi connectivity index (χ1n) is 9.27. The quantitative estimate of drug-likeness (QED) is 0.380. The Bertz CT molecular complexity index is 1350. The fourth-order valence-electron chi connectivity index (χ4n) is 2.92. The second-order valence-corrected chi connectivity index (χ2v) is 8.64. The van der Waals surface area contributed by atoms with E-state index < -0.39 is 18.5 Å². The van der Waals surface area contributed by atoms with Gasteiger partial charge in [0, 0.05) is 11.6 Å². The lowest BCUT2D eigenvalue weighted by molar-refractivity contribution is -0.119. The summed E-state index contributed by atoms with van der Waals surface area (Å²) in [6.45, 7) is 2.98. The van der Waals surface area contributed by atoms with Crippen LogP contribution in [0.4, 0.5) is 10.2 Å². The van der Waals surface area contributed by atoms with Crippen LogP contribution in [-0.4, -0.2) is 33.2 Å². The number of ether oxygens (including phenoxy) is 1. The first-order chi connectivity index (χ1) is 15.2. The van der Waals surface area contributed by atoms with E-state index in [1.54, 1.807) is 29.8 Å². The van der Waals surface area contributed by atoms with Crippen LogP contribution in [0, 0.1) is 19.7 Å². The van der Waals surface area contributed by atoms with Crippen LogP contribution in [0.3, 0.4) is 0 Å². The van der Waals surface area contributed by atoms with Gasteiger partial charge < -0.3 is 10.1 Å². The number of nitrogens with one attached hydrogen (secondary N) is 1. The zero-order valence-electron chi connectivity index (χ0n) is 16.8. The van der Waals surface area contributed by atoms with Crippen molar-refractivity contribution in [3.05, 3.63) is 68.5 Å². The number of benzene rings is 1. The van der Waals surface area contributed by atoms with Crippen molar-refractivity contribution in [2.75, 3.05) is 11.9 Å². The number of nitrogens with zero attached hydrogens (tertiary/aromatic N) is 3. The third kappa shape index (κ3) is 4.32. The van der Waals surface area contributed by atoms with Crippen molar-refractivity contribution in [3.8, 4) is 5.69 Å². The topological polar surface area (TPSA) is 86.1 Å². The molecule has 0 unspecified atom stereocenters. The predicted molar refractivity (Wildman–Crippen MR) is 122 cm³/mol. The number of pyridine rings is 1. The number of halogens is 3. The second kappa shape index (κ2) is 8.85. The molecule has 11 heteroatoms. The molecule has 3 aromatic heterocycles. The minimum atomic E-state index is -0.655. The molecule has 1 N–H and O–H groups in total. The Morgan fingerprint density at radius 2 is 1.94 bits per heavy atom. The van der Waals surface area contributed by atoms with Crippen molar-refractivity contribution in [3.63, 3.8) is 0 Å². The second-order valence-electron chi connectivity index (χ2n) is 6.82. The summed E-state index contributed by atoms with van der Waals surface area (Å²) in [5, 5.41) is 8.30. The van der Waals surface area contributed by atoms with Crippen molar-refractivity contribution < 1.29 is 18.7 Å². The zero-order chi connectivity index (χ0) is 23.0. The smallest absolute Gasteiger partial charge is 0.348 e. The monoisotopic (exact) mass is 492 g/mol. The molecule has 0 fully saturated rings. The summed E-state index contributed by atoms with van der Waals surface area (Å²) in [6, 6.07) is 7.52. The Hall–Kier alpha value is -3.01. The highest BCUT2D eigenvalue weighted by molar-refractivity contribution is 7.20. The van der Waals surface area contributed by atoms with E-state index in [4.69, 9.17) is 27.9 Å². The van der Waals surface area contributed by atoms with Gasteiger partial charge in [-0.1, -0.05) is 23.2 Å². The molecular formula is C21H15Cl2FN4O3S. The fourth-order valence-corrected chi connectivity index (χ4v) is 4.39. The van der Waals surface area contributed by atoms with Crippen LogP contribution >= 0.6 is 34.5 Å². The molecule has 1 aromatic carbocycles. The summed E-state index contributed by atoms with van der Waals surface area (Å²) in [6.07, 6.45) is 1.37. The maximum atomic E-state index is 13.2. The number of rotatable bonds is 5. The average molecular weight is 493 g/mol. The highest BCUT2D eigenvalue weighted by Gasteiger charge is 2.19. The van der Waals surface area contributed by atoms with Crippen LogP contribution < -0.4 is 5.32 Å². The third-order valence-corrected chi connectivity index (χ3v) is 6.55. The summed E-state index contributed by atoms with van der Waals surface area (Å²) in [7, 11) is 0. The predicted octanol–water partition coefficient (Wildman–Crippen LogP) is 5.34. The number of anilines is 1. The van der Waals surface area contributed by atoms with Crippen LogP contribution in [0.15, 0.2) is 36.5 Å². The molecule has 1 amide bonds. The molecule has 4 aromatic rings. The van der Waals surface area contributed by atoms with Gasteiger partial charge in [0.1, 0.15) is 15.5 Å². The van der Waals surface area contributed by atoms with Crippen LogP contribution in [0.1, 0.15) is 20.9 Å². The van der Waals surface area contributed by atoms with E-state index in [-0.39, 0.29) is 16.7 Å². The minimum absolute atomic E-state index is 0.131. The van der Waals surface area contributed by atoms with Gasteiger partial charge in [0.05, 0.1) is 21.4 Å². The number of hydrogen-bond donors (Lipinski definition) is 1. The number of amides is 1. The highest BCUT2D eigenvalue weighted by Crippen LogP contribution is 2.31. The molecule has 0 aliphatic heterocycles. The Morgan fingerprint density at radius 3 is 2.66 bits per heavy atom. The van der Waals surface area contributed by atoms with Crippen molar-refractivity contribution in [1.29, 1.82) is 0 Å². The lowest BCUT2D eigenvalue weighted by atomic mass is 10.3. The number of thiophene rings is 1. The number of aryl methyl sites for hydroxylation is 1. The minimum Gasteiger partial charge on any atom is -0.451 e. The van der Waals surface area contributed by atoms with Gasteiger partial charge in [0.15, 0.2) is 12.4 Å². The highest BCUT2D eigenvalue weighted by atomic mass is 35.5. The number of carbonyl (C=O) groups is 2.